The molecule has 0 unspecified atom stereocenters. The van der Waals surface area contributed by atoms with Crippen LogP contribution in [0.4, 0.5) is 0 Å². The van der Waals surface area contributed by atoms with Crippen LogP contribution in [0.3, 0.4) is 0 Å². The Morgan fingerprint density at radius 2 is 2.00 bits per heavy atom. The summed E-state index contributed by atoms with van der Waals surface area (Å²) in [5.74, 6) is 0. The quantitative estimate of drug-likeness (QED) is 0.657. The van der Waals surface area contributed by atoms with Crippen molar-refractivity contribution >= 4 is 26.8 Å². The maximum absolute atomic E-state index is 12.4. The minimum Gasteiger partial charge on any atom is -0.292 e. The average molecular weight is 420 g/mol. The van der Waals surface area contributed by atoms with Crippen molar-refractivity contribution in [2.75, 3.05) is 0 Å². The van der Waals surface area contributed by atoms with Gasteiger partial charge in [-0.05, 0) is 56.2 Å². The number of aryl methyl sites for hydroxylation is 1. The molecule has 152 valence electrons. The summed E-state index contributed by atoms with van der Waals surface area (Å²) >= 11 is 0. The van der Waals surface area contributed by atoms with Crippen LogP contribution < -0.4 is 4.72 Å². The van der Waals surface area contributed by atoms with E-state index >= 15 is 0 Å². The molecule has 0 bridgehead atoms. The maximum atomic E-state index is 12.4. The maximum Gasteiger partial charge on any atom is 0.258 e. The van der Waals surface area contributed by atoms with Crippen molar-refractivity contribution in [3.05, 3.63) is 59.9 Å². The second-order valence-electron chi connectivity index (χ2n) is 7.35. The van der Waals surface area contributed by atoms with E-state index in [4.69, 9.17) is 0 Å². The van der Waals surface area contributed by atoms with Gasteiger partial charge in [-0.2, -0.15) is 5.26 Å². The summed E-state index contributed by atoms with van der Waals surface area (Å²) in [6.45, 7) is 5.54. The predicted octanol–water partition coefficient (Wildman–Crippen LogP) is 3.63. The Morgan fingerprint density at radius 1 is 1.23 bits per heavy atom. The topological polar surface area (TPSA) is 101 Å². The molecule has 0 radical (unpaired) electrons. The monoisotopic (exact) mass is 419 g/mol. The van der Waals surface area contributed by atoms with Gasteiger partial charge in [-0.25, -0.2) is 23.1 Å². The Bertz CT molecular complexity index is 1340. The van der Waals surface area contributed by atoms with Crippen molar-refractivity contribution in [1.29, 1.82) is 5.26 Å². The summed E-state index contributed by atoms with van der Waals surface area (Å²) in [6, 6.07) is 7.20. The van der Waals surface area contributed by atoms with E-state index in [0.717, 1.165) is 23.1 Å². The second-order valence-corrected chi connectivity index (χ2v) is 9.01. The summed E-state index contributed by atoms with van der Waals surface area (Å²) in [5, 5.41) is 10.7. The lowest BCUT2D eigenvalue weighted by Gasteiger charge is -2.15. The van der Waals surface area contributed by atoms with Gasteiger partial charge in [-0.3, -0.25) is 4.57 Å². The molecule has 3 heterocycles. The SMILES string of the molecule is CCc1cnc2c(c1)c(C#N)c(-c1ccc(S(=O)(=O)NC(C)C)nc1)n2C1=CC=C1. The van der Waals surface area contributed by atoms with Gasteiger partial charge in [0.25, 0.3) is 10.0 Å². The Morgan fingerprint density at radius 3 is 2.53 bits per heavy atom. The number of hydrogen-bond donors (Lipinski definition) is 1. The molecule has 4 rings (SSSR count). The minimum atomic E-state index is -3.70. The van der Waals surface area contributed by atoms with Gasteiger partial charge in [0, 0.05) is 35.1 Å². The first-order valence-corrected chi connectivity index (χ1v) is 11.1. The molecule has 3 aromatic heterocycles. The number of nitriles is 1. The first-order chi connectivity index (χ1) is 14.4. The third-order valence-corrected chi connectivity index (χ3v) is 6.43. The number of rotatable bonds is 6. The van der Waals surface area contributed by atoms with E-state index in [2.05, 4.69) is 20.8 Å². The number of fused-ring (bicyclic) bond motifs is 1. The molecule has 0 aromatic carbocycles. The smallest absolute Gasteiger partial charge is 0.258 e. The molecule has 30 heavy (non-hydrogen) atoms. The first-order valence-electron chi connectivity index (χ1n) is 9.66. The lowest BCUT2D eigenvalue weighted by atomic mass is 10.1. The number of hydrogen-bond acceptors (Lipinski definition) is 5. The van der Waals surface area contributed by atoms with Gasteiger partial charge in [0.15, 0.2) is 5.03 Å². The van der Waals surface area contributed by atoms with Crippen LogP contribution in [-0.4, -0.2) is 29.0 Å². The summed E-state index contributed by atoms with van der Waals surface area (Å²) in [6.07, 6.45) is 9.93. The summed E-state index contributed by atoms with van der Waals surface area (Å²) in [5.41, 5.74) is 4.43. The van der Waals surface area contributed by atoms with Gasteiger partial charge < -0.3 is 0 Å². The van der Waals surface area contributed by atoms with Gasteiger partial charge in [0.2, 0.25) is 0 Å². The van der Waals surface area contributed by atoms with E-state index in [9.17, 15) is 13.7 Å². The number of sulfonamides is 1. The second kappa shape index (κ2) is 7.52. The van der Waals surface area contributed by atoms with E-state index < -0.39 is 10.0 Å². The Balaban J connectivity index is 1.91. The molecule has 7 nitrogen and oxygen atoms in total. The largest absolute Gasteiger partial charge is 0.292 e. The van der Waals surface area contributed by atoms with Crippen molar-refractivity contribution in [1.82, 2.24) is 19.3 Å². The van der Waals surface area contributed by atoms with Crippen molar-refractivity contribution < 1.29 is 8.42 Å². The zero-order chi connectivity index (χ0) is 21.5. The average Bonchev–Trinajstić information content (AvgIpc) is 2.99. The van der Waals surface area contributed by atoms with Crippen molar-refractivity contribution in [2.24, 2.45) is 0 Å². The van der Waals surface area contributed by atoms with Gasteiger partial charge in [0.1, 0.15) is 11.7 Å². The van der Waals surface area contributed by atoms with Crippen molar-refractivity contribution in [2.45, 2.75) is 38.3 Å². The Labute approximate surface area is 175 Å². The van der Waals surface area contributed by atoms with Gasteiger partial charge in [0.05, 0.1) is 11.3 Å². The van der Waals surface area contributed by atoms with E-state index in [0.29, 0.717) is 22.5 Å². The highest BCUT2D eigenvalue weighted by Gasteiger charge is 2.24. The fourth-order valence-electron chi connectivity index (χ4n) is 3.42. The molecule has 1 N–H and O–H groups in total. The normalized spacial score (nSPS) is 13.4. The highest BCUT2D eigenvalue weighted by atomic mass is 32.2. The van der Waals surface area contributed by atoms with Crippen LogP contribution >= 0.6 is 0 Å². The number of allylic oxidation sites excluding steroid dienone is 4. The highest BCUT2D eigenvalue weighted by molar-refractivity contribution is 7.89. The Kier molecular flexibility index (Phi) is 5.02. The molecule has 1 aliphatic rings. The first kappa shape index (κ1) is 20.0. The predicted molar refractivity (Wildman–Crippen MR) is 116 cm³/mol. The van der Waals surface area contributed by atoms with E-state index in [-0.39, 0.29) is 11.1 Å². The zero-order valence-electron chi connectivity index (χ0n) is 16.9. The third kappa shape index (κ3) is 3.32. The zero-order valence-corrected chi connectivity index (χ0v) is 17.7. The molecule has 0 aliphatic heterocycles. The van der Waals surface area contributed by atoms with Gasteiger partial charge in [-0.1, -0.05) is 13.0 Å². The molecular weight excluding hydrogens is 398 g/mol. The summed E-state index contributed by atoms with van der Waals surface area (Å²) in [7, 11) is -3.70. The lowest BCUT2D eigenvalue weighted by molar-refractivity contribution is 0.566. The molecular formula is C22H21N5O2S. The van der Waals surface area contributed by atoms with Crippen LogP contribution in [0, 0.1) is 11.3 Å². The molecule has 0 saturated carbocycles. The lowest BCUT2D eigenvalue weighted by Crippen LogP contribution is -2.30. The number of nitrogens with zero attached hydrogens (tertiary/aromatic N) is 4. The molecule has 0 saturated heterocycles. The summed E-state index contributed by atoms with van der Waals surface area (Å²) in [4.78, 5) is 8.78. The molecule has 0 spiro atoms. The van der Waals surface area contributed by atoms with Crippen LogP contribution in [0.1, 0.15) is 31.9 Å². The van der Waals surface area contributed by atoms with Gasteiger partial charge in [-0.15, -0.1) is 0 Å². The molecule has 0 amide bonds. The standard InChI is InChI=1S/C22H21N5O2S/c1-4-15-10-18-19(11-23)21(27(17-6-5-7-17)22(18)25-12-15)16-8-9-20(24-13-16)30(28,29)26-14(2)3/h5-10,12-14,26H,4H2,1-3H3. The highest BCUT2D eigenvalue weighted by Crippen LogP contribution is 2.37. The van der Waals surface area contributed by atoms with Gasteiger partial charge >= 0.3 is 0 Å². The third-order valence-electron chi connectivity index (χ3n) is 4.85. The van der Waals surface area contributed by atoms with Crippen LogP contribution in [0.15, 0.2) is 53.8 Å². The number of nitrogens with one attached hydrogen (secondary N) is 1. The van der Waals surface area contributed by atoms with Crippen LogP contribution in [0.2, 0.25) is 0 Å². The van der Waals surface area contributed by atoms with E-state index in [1.54, 1.807) is 19.9 Å². The molecule has 1 aliphatic carbocycles. The van der Waals surface area contributed by atoms with Crippen LogP contribution in [0.25, 0.3) is 28.0 Å². The fraction of sp³-hybridized carbons (Fsp3) is 0.227. The molecule has 3 aromatic rings. The van der Waals surface area contributed by atoms with Crippen molar-refractivity contribution in [3.8, 4) is 17.3 Å². The number of pyridine rings is 2. The van der Waals surface area contributed by atoms with E-state index in [1.165, 1.54) is 12.3 Å². The molecule has 0 atom stereocenters. The van der Waals surface area contributed by atoms with Crippen molar-refractivity contribution in [3.63, 3.8) is 0 Å². The van der Waals surface area contributed by atoms with Crippen LogP contribution in [0.5, 0.6) is 0 Å². The number of aromatic nitrogens is 3. The van der Waals surface area contributed by atoms with Crippen LogP contribution in [-0.2, 0) is 16.4 Å². The molecule has 0 fully saturated rings. The fourth-order valence-corrected chi connectivity index (χ4v) is 4.60. The Hall–Kier alpha value is -3.28. The van der Waals surface area contributed by atoms with E-state index in [1.807, 2.05) is 42.0 Å². The minimum absolute atomic E-state index is 0.0599. The molecule has 8 heteroatoms. The summed E-state index contributed by atoms with van der Waals surface area (Å²) < 4.78 is 29.2.